The van der Waals surface area contributed by atoms with Crippen LogP contribution in [-0.4, -0.2) is 21.5 Å². The van der Waals surface area contributed by atoms with Gasteiger partial charge in [-0.05, 0) is 24.5 Å². The van der Waals surface area contributed by atoms with Crippen LogP contribution in [0, 0.1) is 0 Å². The van der Waals surface area contributed by atoms with Crippen molar-refractivity contribution >= 4 is 17.6 Å². The molecule has 1 N–H and O–H groups in total. The highest BCUT2D eigenvalue weighted by atomic mass is 32.2. The van der Waals surface area contributed by atoms with Crippen LogP contribution in [0.1, 0.15) is 38.7 Å². The van der Waals surface area contributed by atoms with E-state index in [1.807, 2.05) is 12.1 Å². The molecule has 2 heterocycles. The highest BCUT2D eigenvalue weighted by Crippen LogP contribution is 2.35. The summed E-state index contributed by atoms with van der Waals surface area (Å²) in [6, 6.07) is 3.99. The lowest BCUT2D eigenvalue weighted by atomic mass is 10.1. The molecule has 0 atom stereocenters. The molecule has 20 heavy (non-hydrogen) atoms. The van der Waals surface area contributed by atoms with Crippen LogP contribution in [0.2, 0.25) is 0 Å². The molecule has 0 radical (unpaired) electrons. The third kappa shape index (κ3) is 3.70. The van der Waals surface area contributed by atoms with E-state index in [1.54, 1.807) is 30.5 Å². The fourth-order valence-electron chi connectivity index (χ4n) is 1.88. The van der Waals surface area contributed by atoms with Crippen LogP contribution in [0.3, 0.4) is 0 Å². The van der Waals surface area contributed by atoms with Crippen molar-refractivity contribution in [1.82, 2.24) is 15.0 Å². The molecule has 0 aromatic carbocycles. The van der Waals surface area contributed by atoms with Gasteiger partial charge in [0.15, 0.2) is 0 Å². The predicted molar refractivity (Wildman–Crippen MR) is 83.3 cm³/mol. The van der Waals surface area contributed by atoms with Crippen molar-refractivity contribution in [3.05, 3.63) is 36.4 Å². The first kappa shape index (κ1) is 14.8. The molecule has 0 fully saturated rings. The Kier molecular flexibility index (Phi) is 5.35. The lowest BCUT2D eigenvalue weighted by molar-refractivity contribution is 0.800. The van der Waals surface area contributed by atoms with Gasteiger partial charge in [0, 0.05) is 29.4 Å². The lowest BCUT2D eigenvalue weighted by Gasteiger charge is -2.16. The number of rotatable bonds is 6. The van der Waals surface area contributed by atoms with Crippen molar-refractivity contribution in [2.24, 2.45) is 0 Å². The minimum Gasteiger partial charge on any atom is -0.370 e. The van der Waals surface area contributed by atoms with Crippen molar-refractivity contribution in [3.8, 4) is 0 Å². The van der Waals surface area contributed by atoms with E-state index in [0.29, 0.717) is 5.92 Å². The van der Waals surface area contributed by atoms with E-state index in [-0.39, 0.29) is 0 Å². The van der Waals surface area contributed by atoms with E-state index < -0.39 is 0 Å². The molecule has 2 aromatic rings. The second kappa shape index (κ2) is 7.24. The number of pyridine rings is 1. The smallest absolute Gasteiger partial charge is 0.134 e. The molecule has 5 heteroatoms. The molecule has 0 aliphatic rings. The Morgan fingerprint density at radius 2 is 1.95 bits per heavy atom. The van der Waals surface area contributed by atoms with Crippen LogP contribution < -0.4 is 5.32 Å². The third-order valence-corrected chi connectivity index (χ3v) is 3.86. The molecular weight excluding hydrogens is 268 g/mol. The quantitative estimate of drug-likeness (QED) is 0.815. The summed E-state index contributed by atoms with van der Waals surface area (Å²) in [5.74, 6) is 1.33. The first-order valence-corrected chi connectivity index (χ1v) is 7.70. The van der Waals surface area contributed by atoms with E-state index in [9.17, 15) is 0 Å². The Hall–Kier alpha value is -1.62. The summed E-state index contributed by atoms with van der Waals surface area (Å²) in [6.07, 6.45) is 6.31. The maximum absolute atomic E-state index is 4.46. The molecule has 0 aliphatic carbocycles. The van der Waals surface area contributed by atoms with Crippen LogP contribution in [0.4, 0.5) is 5.82 Å². The maximum Gasteiger partial charge on any atom is 0.134 e. The molecule has 0 aliphatic heterocycles. The van der Waals surface area contributed by atoms with Gasteiger partial charge in [0.05, 0.1) is 0 Å². The number of hydrogen-bond acceptors (Lipinski definition) is 5. The Balaban J connectivity index is 2.32. The van der Waals surface area contributed by atoms with Crippen LogP contribution in [0.25, 0.3) is 0 Å². The second-order valence-electron chi connectivity index (χ2n) is 4.81. The van der Waals surface area contributed by atoms with Gasteiger partial charge >= 0.3 is 0 Å². The summed E-state index contributed by atoms with van der Waals surface area (Å²) < 4.78 is 0. The van der Waals surface area contributed by atoms with E-state index in [2.05, 4.69) is 41.0 Å². The summed E-state index contributed by atoms with van der Waals surface area (Å²) in [6.45, 7) is 7.42. The third-order valence-electron chi connectivity index (χ3n) is 2.83. The Bertz CT molecular complexity index is 543. The number of hydrogen-bond donors (Lipinski definition) is 1. The standard InChI is InChI=1S/C15H20N4S/c1-4-7-17-14-13(11(2)3)15(19-10-18-14)20-12-5-8-16-9-6-12/h5-6,8-11H,4,7H2,1-3H3,(H,17,18,19). The van der Waals surface area contributed by atoms with Crippen molar-refractivity contribution < 1.29 is 0 Å². The first-order valence-electron chi connectivity index (χ1n) is 6.89. The molecular formula is C15H20N4S. The molecule has 0 bridgehead atoms. The van der Waals surface area contributed by atoms with Gasteiger partial charge < -0.3 is 5.32 Å². The maximum atomic E-state index is 4.46. The van der Waals surface area contributed by atoms with E-state index in [0.717, 1.165) is 28.7 Å². The zero-order chi connectivity index (χ0) is 14.4. The predicted octanol–water partition coefficient (Wildman–Crippen LogP) is 3.97. The SMILES string of the molecule is CCCNc1ncnc(Sc2ccncc2)c1C(C)C. The van der Waals surface area contributed by atoms with Gasteiger partial charge in [-0.15, -0.1) is 0 Å². The zero-order valence-corrected chi connectivity index (χ0v) is 12.9. The van der Waals surface area contributed by atoms with Crippen molar-refractivity contribution in [1.29, 1.82) is 0 Å². The van der Waals surface area contributed by atoms with Gasteiger partial charge in [0.25, 0.3) is 0 Å². The van der Waals surface area contributed by atoms with Gasteiger partial charge in [-0.3, -0.25) is 4.98 Å². The molecule has 2 rings (SSSR count). The summed E-state index contributed by atoms with van der Waals surface area (Å²) in [5, 5.41) is 4.41. The van der Waals surface area contributed by atoms with Crippen LogP contribution in [0.5, 0.6) is 0 Å². The van der Waals surface area contributed by atoms with Gasteiger partial charge in [-0.2, -0.15) is 0 Å². The fraction of sp³-hybridized carbons (Fsp3) is 0.400. The fourth-order valence-corrected chi connectivity index (χ4v) is 2.91. The molecule has 0 amide bonds. The first-order chi connectivity index (χ1) is 9.72. The highest BCUT2D eigenvalue weighted by Gasteiger charge is 2.15. The zero-order valence-electron chi connectivity index (χ0n) is 12.1. The average Bonchev–Trinajstić information content (AvgIpc) is 2.46. The van der Waals surface area contributed by atoms with E-state index >= 15 is 0 Å². The number of anilines is 1. The summed E-state index contributed by atoms with van der Waals surface area (Å²) in [7, 11) is 0. The number of nitrogens with zero attached hydrogens (tertiary/aromatic N) is 3. The van der Waals surface area contributed by atoms with E-state index in [4.69, 9.17) is 0 Å². The van der Waals surface area contributed by atoms with Crippen LogP contribution >= 0.6 is 11.8 Å². The van der Waals surface area contributed by atoms with Crippen LogP contribution in [0.15, 0.2) is 40.8 Å². The second-order valence-corrected chi connectivity index (χ2v) is 5.87. The van der Waals surface area contributed by atoms with E-state index in [1.165, 1.54) is 5.56 Å². The summed E-state index contributed by atoms with van der Waals surface area (Å²) in [4.78, 5) is 14.0. The molecule has 106 valence electrons. The van der Waals surface area contributed by atoms with Crippen molar-refractivity contribution in [2.45, 2.75) is 43.0 Å². The average molecular weight is 288 g/mol. The monoisotopic (exact) mass is 288 g/mol. The lowest BCUT2D eigenvalue weighted by Crippen LogP contribution is -2.08. The van der Waals surface area contributed by atoms with Crippen LogP contribution in [-0.2, 0) is 0 Å². The molecule has 0 saturated carbocycles. The summed E-state index contributed by atoms with van der Waals surface area (Å²) in [5.41, 5.74) is 1.18. The van der Waals surface area contributed by atoms with Gasteiger partial charge in [0.1, 0.15) is 17.2 Å². The minimum atomic E-state index is 0.375. The molecule has 0 spiro atoms. The highest BCUT2D eigenvalue weighted by molar-refractivity contribution is 7.99. The number of aromatic nitrogens is 3. The Morgan fingerprint density at radius 3 is 2.60 bits per heavy atom. The minimum absolute atomic E-state index is 0.375. The topological polar surface area (TPSA) is 50.7 Å². The Morgan fingerprint density at radius 1 is 1.20 bits per heavy atom. The molecule has 4 nitrogen and oxygen atoms in total. The molecule has 0 saturated heterocycles. The van der Waals surface area contributed by atoms with Gasteiger partial charge in [0.2, 0.25) is 0 Å². The largest absolute Gasteiger partial charge is 0.370 e. The van der Waals surface area contributed by atoms with Gasteiger partial charge in [-0.1, -0.05) is 32.5 Å². The normalized spacial score (nSPS) is 10.8. The number of nitrogens with one attached hydrogen (secondary N) is 1. The Labute approximate surface area is 124 Å². The van der Waals surface area contributed by atoms with Crippen molar-refractivity contribution in [3.63, 3.8) is 0 Å². The summed E-state index contributed by atoms with van der Waals surface area (Å²) >= 11 is 1.66. The molecule has 2 aromatic heterocycles. The van der Waals surface area contributed by atoms with Gasteiger partial charge in [-0.25, -0.2) is 9.97 Å². The molecule has 0 unspecified atom stereocenters. The van der Waals surface area contributed by atoms with Crippen molar-refractivity contribution in [2.75, 3.05) is 11.9 Å².